The molecule has 0 aliphatic rings. The van der Waals surface area contributed by atoms with Gasteiger partial charge < -0.3 is 20.7 Å². The number of benzene rings is 1. The van der Waals surface area contributed by atoms with Gasteiger partial charge in [-0.3, -0.25) is 9.78 Å². The second kappa shape index (κ2) is 8.28. The second-order valence-electron chi connectivity index (χ2n) is 4.62. The van der Waals surface area contributed by atoms with Gasteiger partial charge in [-0.2, -0.15) is 0 Å². The number of carbonyl (C=O) groups excluding carboxylic acids is 3. The number of rotatable bonds is 6. The van der Waals surface area contributed by atoms with Crippen molar-refractivity contribution in [2.75, 3.05) is 11.9 Å². The predicted octanol–water partition coefficient (Wildman–Crippen LogP) is 1.33. The Morgan fingerprint density at radius 1 is 1.09 bits per heavy atom. The maximum Gasteiger partial charge on any atom is 0.319 e. The van der Waals surface area contributed by atoms with Crippen LogP contribution >= 0.6 is 0 Å². The smallest absolute Gasteiger partial charge is 0.319 e. The van der Waals surface area contributed by atoms with E-state index in [0.29, 0.717) is 24.1 Å². The van der Waals surface area contributed by atoms with Gasteiger partial charge >= 0.3 is 6.03 Å². The molecule has 1 heterocycles. The molecule has 0 atom stereocenters. The molecule has 0 unspecified atom stereocenters. The van der Waals surface area contributed by atoms with E-state index in [2.05, 4.69) is 20.9 Å². The molecule has 0 fully saturated rings. The minimum absolute atomic E-state index is 0.0527. The molecule has 118 valence electrons. The molecule has 0 radical (unpaired) electrons. The molecule has 1 aromatic carbocycles. The first kappa shape index (κ1) is 16.2. The topological polar surface area (TPSA) is 100 Å². The zero-order valence-corrected chi connectivity index (χ0v) is 12.3. The lowest BCUT2D eigenvalue weighted by molar-refractivity contribution is -0.107. The lowest BCUT2D eigenvalue weighted by Gasteiger charge is -2.09. The van der Waals surface area contributed by atoms with Gasteiger partial charge in [0.15, 0.2) is 0 Å². The van der Waals surface area contributed by atoms with Gasteiger partial charge in [-0.1, -0.05) is 6.07 Å². The molecule has 7 nitrogen and oxygen atoms in total. The Hall–Kier alpha value is -3.22. The molecular formula is C16H16N4O3. The second-order valence-corrected chi connectivity index (χ2v) is 4.62. The van der Waals surface area contributed by atoms with Crippen LogP contribution in [0.5, 0.6) is 0 Å². The molecule has 2 rings (SSSR count). The zero-order valence-electron chi connectivity index (χ0n) is 12.3. The average molecular weight is 312 g/mol. The first-order chi connectivity index (χ1) is 11.2. The van der Waals surface area contributed by atoms with E-state index in [4.69, 9.17) is 0 Å². The quantitative estimate of drug-likeness (QED) is 0.701. The van der Waals surface area contributed by atoms with Crippen LogP contribution in [-0.4, -0.2) is 29.8 Å². The van der Waals surface area contributed by atoms with Crippen LogP contribution in [0.1, 0.15) is 15.9 Å². The van der Waals surface area contributed by atoms with Crippen molar-refractivity contribution >= 4 is 23.9 Å². The normalized spacial score (nSPS) is 9.74. The van der Waals surface area contributed by atoms with Crippen molar-refractivity contribution in [3.05, 3.63) is 59.9 Å². The van der Waals surface area contributed by atoms with Crippen LogP contribution in [0.3, 0.4) is 0 Å². The highest BCUT2D eigenvalue weighted by molar-refractivity contribution is 5.97. The monoisotopic (exact) mass is 312 g/mol. The maximum atomic E-state index is 11.9. The molecule has 0 saturated carbocycles. The van der Waals surface area contributed by atoms with Crippen LogP contribution in [0.25, 0.3) is 0 Å². The van der Waals surface area contributed by atoms with Crippen LogP contribution in [0.4, 0.5) is 10.5 Å². The van der Waals surface area contributed by atoms with Gasteiger partial charge in [0.05, 0.1) is 6.54 Å². The summed E-state index contributed by atoms with van der Waals surface area (Å²) >= 11 is 0. The van der Waals surface area contributed by atoms with Gasteiger partial charge in [-0.15, -0.1) is 0 Å². The van der Waals surface area contributed by atoms with Gasteiger partial charge in [0.25, 0.3) is 5.91 Å². The highest BCUT2D eigenvalue weighted by atomic mass is 16.2. The molecule has 0 saturated heterocycles. The number of carbonyl (C=O) groups is 3. The lowest BCUT2D eigenvalue weighted by Crippen LogP contribution is -2.28. The molecule has 7 heteroatoms. The number of nitrogens with one attached hydrogen (secondary N) is 3. The number of nitrogens with zero attached hydrogens (tertiary/aromatic N) is 1. The molecule has 0 aliphatic heterocycles. The van der Waals surface area contributed by atoms with E-state index in [1.54, 1.807) is 42.7 Å². The number of amides is 3. The van der Waals surface area contributed by atoms with E-state index in [1.807, 2.05) is 0 Å². The predicted molar refractivity (Wildman–Crippen MR) is 84.9 cm³/mol. The van der Waals surface area contributed by atoms with Crippen molar-refractivity contribution in [1.29, 1.82) is 0 Å². The first-order valence-corrected chi connectivity index (χ1v) is 6.94. The molecule has 3 N–H and O–H groups in total. The number of anilines is 1. The Bertz CT molecular complexity index is 689. The van der Waals surface area contributed by atoms with E-state index in [9.17, 15) is 14.4 Å². The molecular weight excluding hydrogens is 296 g/mol. The molecule has 0 aliphatic carbocycles. The van der Waals surface area contributed by atoms with Crippen molar-refractivity contribution in [3.63, 3.8) is 0 Å². The summed E-state index contributed by atoms with van der Waals surface area (Å²) in [4.78, 5) is 37.8. The fourth-order valence-corrected chi connectivity index (χ4v) is 1.83. The van der Waals surface area contributed by atoms with E-state index in [0.717, 1.165) is 5.56 Å². The molecule has 23 heavy (non-hydrogen) atoms. The third-order valence-corrected chi connectivity index (χ3v) is 2.93. The molecule has 3 amide bonds. The summed E-state index contributed by atoms with van der Waals surface area (Å²) in [6.07, 6.45) is 3.90. The fourth-order valence-electron chi connectivity index (χ4n) is 1.83. The lowest BCUT2D eigenvalue weighted by atomic mass is 10.2. The van der Waals surface area contributed by atoms with Crippen LogP contribution in [0.15, 0.2) is 48.8 Å². The van der Waals surface area contributed by atoms with Gasteiger partial charge in [-0.05, 0) is 35.9 Å². The Kier molecular flexibility index (Phi) is 5.81. The van der Waals surface area contributed by atoms with E-state index >= 15 is 0 Å². The Morgan fingerprint density at radius 2 is 1.87 bits per heavy atom. The summed E-state index contributed by atoms with van der Waals surface area (Å²) in [5.41, 5.74) is 1.77. The summed E-state index contributed by atoms with van der Waals surface area (Å²) in [6, 6.07) is 9.67. The first-order valence-electron chi connectivity index (χ1n) is 6.94. The number of urea groups is 1. The highest BCUT2D eigenvalue weighted by Gasteiger charge is 2.07. The summed E-state index contributed by atoms with van der Waals surface area (Å²) < 4.78 is 0. The standard InChI is InChI=1S/C16H16N4O3/c21-9-8-18-15(22)13-2-1-3-14(10-13)20-16(23)19-11-12-4-6-17-7-5-12/h1-7,9-10H,8,11H2,(H,18,22)(H2,19,20,23). The number of hydrogen-bond donors (Lipinski definition) is 3. The Labute approximate surface area is 133 Å². The van der Waals surface area contributed by atoms with Crippen molar-refractivity contribution in [3.8, 4) is 0 Å². The minimum atomic E-state index is -0.382. The van der Waals surface area contributed by atoms with Gasteiger partial charge in [0, 0.05) is 30.2 Å². The van der Waals surface area contributed by atoms with E-state index in [-0.39, 0.29) is 18.5 Å². The molecule has 1 aromatic heterocycles. The average Bonchev–Trinajstić information content (AvgIpc) is 2.59. The molecule has 0 bridgehead atoms. The van der Waals surface area contributed by atoms with Crippen molar-refractivity contribution in [1.82, 2.24) is 15.6 Å². The van der Waals surface area contributed by atoms with Crippen LogP contribution < -0.4 is 16.0 Å². The third kappa shape index (κ3) is 5.24. The largest absolute Gasteiger partial charge is 0.345 e. The minimum Gasteiger partial charge on any atom is -0.345 e. The van der Waals surface area contributed by atoms with Crippen LogP contribution in [0, 0.1) is 0 Å². The van der Waals surface area contributed by atoms with Gasteiger partial charge in [-0.25, -0.2) is 4.79 Å². The zero-order chi connectivity index (χ0) is 16.5. The number of aromatic nitrogens is 1. The summed E-state index contributed by atoms with van der Waals surface area (Å²) in [5.74, 6) is -0.377. The third-order valence-electron chi connectivity index (χ3n) is 2.93. The molecule has 0 spiro atoms. The van der Waals surface area contributed by atoms with Crippen molar-refractivity contribution < 1.29 is 14.4 Å². The van der Waals surface area contributed by atoms with E-state index in [1.165, 1.54) is 6.07 Å². The number of hydrogen-bond acceptors (Lipinski definition) is 4. The van der Waals surface area contributed by atoms with Gasteiger partial charge in [0.2, 0.25) is 0 Å². The van der Waals surface area contributed by atoms with Crippen molar-refractivity contribution in [2.45, 2.75) is 6.54 Å². The summed E-state index contributed by atoms with van der Waals surface area (Å²) in [6.45, 7) is 0.316. The number of aldehydes is 1. The van der Waals surface area contributed by atoms with Crippen LogP contribution in [0.2, 0.25) is 0 Å². The maximum absolute atomic E-state index is 11.9. The highest BCUT2D eigenvalue weighted by Crippen LogP contribution is 2.10. The van der Waals surface area contributed by atoms with E-state index < -0.39 is 0 Å². The van der Waals surface area contributed by atoms with Crippen LogP contribution in [-0.2, 0) is 11.3 Å². The van der Waals surface area contributed by atoms with Crippen molar-refractivity contribution in [2.24, 2.45) is 0 Å². The SMILES string of the molecule is O=CCNC(=O)c1cccc(NC(=O)NCc2ccncc2)c1. The summed E-state index contributed by atoms with van der Waals surface area (Å²) in [7, 11) is 0. The summed E-state index contributed by atoms with van der Waals surface area (Å²) in [5, 5.41) is 7.79. The Morgan fingerprint density at radius 3 is 2.61 bits per heavy atom. The Balaban J connectivity index is 1.90. The molecule has 2 aromatic rings. The fraction of sp³-hybridized carbons (Fsp3) is 0.125. The number of pyridine rings is 1. The van der Waals surface area contributed by atoms with Gasteiger partial charge in [0.1, 0.15) is 6.29 Å².